The van der Waals surface area contributed by atoms with Gasteiger partial charge in [0.05, 0.1) is 33.1 Å². The summed E-state index contributed by atoms with van der Waals surface area (Å²) in [5.41, 5.74) is 12.4. The van der Waals surface area contributed by atoms with E-state index in [-0.39, 0.29) is 0 Å². The number of aromatic nitrogens is 4. The number of para-hydroxylation sites is 3. The van der Waals surface area contributed by atoms with Crippen LogP contribution in [-0.2, 0) is 0 Å². The van der Waals surface area contributed by atoms with Crippen molar-refractivity contribution in [3.63, 3.8) is 0 Å². The smallest absolute Gasteiger partial charge is 0.203 e. The summed E-state index contributed by atoms with van der Waals surface area (Å²) in [7, 11) is -2.90. The van der Waals surface area contributed by atoms with Gasteiger partial charge in [0, 0.05) is 49.6 Å². The van der Waals surface area contributed by atoms with Crippen molar-refractivity contribution in [1.29, 1.82) is 0 Å². The molecule has 0 spiro atoms. The van der Waals surface area contributed by atoms with Crippen LogP contribution < -0.4 is 20.9 Å². The maximum absolute atomic E-state index is 5.68. The van der Waals surface area contributed by atoms with Gasteiger partial charge in [-0.25, -0.2) is 9.97 Å². The van der Waals surface area contributed by atoms with Crippen LogP contribution in [-0.4, -0.2) is 27.2 Å². The molecule has 0 unspecified atom stereocenters. The van der Waals surface area contributed by atoms with E-state index < -0.39 is 8.07 Å². The number of benzene rings is 9. The molecule has 63 heavy (non-hydrogen) atoms. The average molecular weight is 819 g/mol. The van der Waals surface area contributed by atoms with Crippen LogP contribution in [0.25, 0.3) is 88.8 Å². The topological polar surface area (TPSA) is 35.6 Å². The molecule has 5 heteroatoms. The third-order valence-corrected chi connectivity index (χ3v) is 17.9. The molecule has 0 saturated carbocycles. The summed E-state index contributed by atoms with van der Waals surface area (Å²) in [6.07, 6.45) is 0. The summed E-state index contributed by atoms with van der Waals surface area (Å²) in [6.45, 7) is 0. The Hall–Kier alpha value is -8.12. The summed E-state index contributed by atoms with van der Waals surface area (Å²) in [6, 6.07) is 83.7. The van der Waals surface area contributed by atoms with Crippen molar-refractivity contribution >= 4 is 72.6 Å². The fraction of sp³-hybridized carbons (Fsp3) is 0. The monoisotopic (exact) mass is 818 g/mol. The van der Waals surface area contributed by atoms with E-state index in [1.807, 2.05) is 0 Å². The second kappa shape index (κ2) is 14.0. The van der Waals surface area contributed by atoms with Crippen LogP contribution in [0.5, 0.6) is 0 Å². The molecular weight excluding hydrogens is 781 g/mol. The van der Waals surface area contributed by atoms with Crippen molar-refractivity contribution in [2.75, 3.05) is 0 Å². The molecule has 3 aromatic heterocycles. The zero-order valence-corrected chi connectivity index (χ0v) is 35.2. The van der Waals surface area contributed by atoms with Gasteiger partial charge < -0.3 is 9.13 Å². The lowest BCUT2D eigenvalue weighted by atomic mass is 10.00. The van der Waals surface area contributed by atoms with E-state index in [0.717, 1.165) is 44.9 Å². The Morgan fingerprint density at radius 2 is 0.921 bits per heavy atom. The first-order valence-electron chi connectivity index (χ1n) is 21.6. The van der Waals surface area contributed by atoms with Gasteiger partial charge in [0.25, 0.3) is 0 Å². The molecule has 9 aromatic carbocycles. The van der Waals surface area contributed by atoms with Crippen LogP contribution in [0.15, 0.2) is 231 Å². The number of fused-ring (bicyclic) bond motifs is 10. The molecule has 294 valence electrons. The minimum absolute atomic E-state index is 0.740. The van der Waals surface area contributed by atoms with E-state index in [9.17, 15) is 0 Å². The Morgan fingerprint density at radius 3 is 1.62 bits per heavy atom. The summed E-state index contributed by atoms with van der Waals surface area (Å²) in [5.74, 6) is 0.740. The van der Waals surface area contributed by atoms with Crippen molar-refractivity contribution in [1.82, 2.24) is 19.1 Å². The standard InChI is InChI=1S/C58H38N4Si/c1-5-19-40(20-6-1)57-59-55(54-48-29-15-18-32-52(48)63(58(54)60-57,43-23-9-3-10-24-43)44-25-11-4-12-26-44)39-33-35-42(36-34-39)62-49-30-16-13-27-45(49)46-37-38-51-53(56(46)62)47-28-14-17-31-50(47)61(51)41-21-7-2-8-22-41/h1-38H. The Kier molecular flexibility index (Phi) is 7.89. The molecule has 1 aliphatic rings. The van der Waals surface area contributed by atoms with E-state index in [1.165, 1.54) is 64.7 Å². The maximum atomic E-state index is 5.68. The fourth-order valence-electron chi connectivity index (χ4n) is 10.6. The number of nitrogens with zero attached hydrogens (tertiary/aromatic N) is 4. The number of rotatable bonds is 6. The van der Waals surface area contributed by atoms with Crippen LogP contribution in [0.1, 0.15) is 0 Å². The van der Waals surface area contributed by atoms with Gasteiger partial charge in [-0.3, -0.25) is 0 Å². The molecule has 0 N–H and O–H groups in total. The van der Waals surface area contributed by atoms with Crippen molar-refractivity contribution in [3.8, 4) is 45.1 Å². The maximum Gasteiger partial charge on any atom is 0.203 e. The highest BCUT2D eigenvalue weighted by Crippen LogP contribution is 2.43. The van der Waals surface area contributed by atoms with Crippen molar-refractivity contribution in [3.05, 3.63) is 231 Å². The van der Waals surface area contributed by atoms with Gasteiger partial charge in [-0.1, -0.05) is 188 Å². The summed E-state index contributed by atoms with van der Waals surface area (Å²) < 4.78 is 4.87. The lowest BCUT2D eigenvalue weighted by Gasteiger charge is -2.30. The van der Waals surface area contributed by atoms with Crippen LogP contribution in [0, 0.1) is 0 Å². The first-order chi connectivity index (χ1) is 31.3. The van der Waals surface area contributed by atoms with Crippen LogP contribution in [0.2, 0.25) is 0 Å². The quantitative estimate of drug-likeness (QED) is 0.157. The van der Waals surface area contributed by atoms with Gasteiger partial charge in [0.15, 0.2) is 5.82 Å². The third kappa shape index (κ3) is 5.14. The van der Waals surface area contributed by atoms with Gasteiger partial charge in [-0.05, 0) is 63.6 Å². The Bertz CT molecular complexity index is 3670. The van der Waals surface area contributed by atoms with Crippen molar-refractivity contribution < 1.29 is 0 Å². The highest BCUT2D eigenvalue weighted by Gasteiger charge is 2.51. The predicted octanol–water partition coefficient (Wildman–Crippen LogP) is 11.4. The summed E-state index contributed by atoms with van der Waals surface area (Å²) in [5, 5.41) is 10.0. The van der Waals surface area contributed by atoms with E-state index in [0.29, 0.717) is 0 Å². The zero-order valence-electron chi connectivity index (χ0n) is 34.2. The Balaban J connectivity index is 1.08. The van der Waals surface area contributed by atoms with Crippen molar-refractivity contribution in [2.45, 2.75) is 0 Å². The first kappa shape index (κ1) is 35.6. The van der Waals surface area contributed by atoms with E-state index >= 15 is 0 Å². The molecule has 0 bridgehead atoms. The van der Waals surface area contributed by atoms with E-state index in [4.69, 9.17) is 9.97 Å². The molecule has 4 heterocycles. The normalized spacial score (nSPS) is 12.9. The average Bonchev–Trinajstić information content (AvgIpc) is 3.99. The van der Waals surface area contributed by atoms with Crippen LogP contribution in [0.3, 0.4) is 0 Å². The number of hydrogen-bond acceptors (Lipinski definition) is 2. The lowest BCUT2D eigenvalue weighted by Crippen LogP contribution is -2.73. The highest BCUT2D eigenvalue weighted by molar-refractivity contribution is 7.21. The molecular formula is C58H38N4Si. The molecule has 13 rings (SSSR count). The zero-order chi connectivity index (χ0) is 41.5. The molecule has 0 saturated heterocycles. The summed E-state index contributed by atoms with van der Waals surface area (Å²) in [4.78, 5) is 11.2. The SMILES string of the molecule is c1ccc(-c2nc(-c3ccc(-n4c5ccccc5c5ccc6c(c7ccccc7n6-c6ccccc6)c54)cc3)c3c(n2)[Si](c2ccccc2)(c2ccccc2)c2ccccc2-3)cc1. The second-order valence-corrected chi connectivity index (χ2v) is 20.1. The predicted molar refractivity (Wildman–Crippen MR) is 264 cm³/mol. The molecule has 0 fully saturated rings. The van der Waals surface area contributed by atoms with Crippen LogP contribution >= 0.6 is 0 Å². The molecule has 12 aromatic rings. The van der Waals surface area contributed by atoms with Gasteiger partial charge in [-0.15, -0.1) is 0 Å². The second-order valence-electron chi connectivity index (χ2n) is 16.5. The van der Waals surface area contributed by atoms with E-state index in [2.05, 4.69) is 240 Å². The van der Waals surface area contributed by atoms with Gasteiger partial charge in [0.2, 0.25) is 8.07 Å². The van der Waals surface area contributed by atoms with Gasteiger partial charge in [-0.2, -0.15) is 0 Å². The van der Waals surface area contributed by atoms with Gasteiger partial charge in [0.1, 0.15) is 0 Å². The lowest BCUT2D eigenvalue weighted by molar-refractivity contribution is 1.17. The van der Waals surface area contributed by atoms with Crippen molar-refractivity contribution in [2.24, 2.45) is 0 Å². The number of hydrogen-bond donors (Lipinski definition) is 0. The van der Waals surface area contributed by atoms with Gasteiger partial charge >= 0.3 is 0 Å². The van der Waals surface area contributed by atoms with E-state index in [1.54, 1.807) is 0 Å². The Morgan fingerprint density at radius 1 is 0.365 bits per heavy atom. The first-order valence-corrected chi connectivity index (χ1v) is 23.6. The fourth-order valence-corrected chi connectivity index (χ4v) is 15.6. The Labute approximate surface area is 365 Å². The molecule has 4 nitrogen and oxygen atoms in total. The molecule has 0 aliphatic carbocycles. The minimum Gasteiger partial charge on any atom is -0.309 e. The molecule has 1 aliphatic heterocycles. The van der Waals surface area contributed by atoms with Crippen LogP contribution in [0.4, 0.5) is 0 Å². The largest absolute Gasteiger partial charge is 0.309 e. The molecule has 0 atom stereocenters. The highest BCUT2D eigenvalue weighted by atomic mass is 28.3. The molecule has 0 amide bonds. The third-order valence-electron chi connectivity index (χ3n) is 13.2. The summed E-state index contributed by atoms with van der Waals surface area (Å²) >= 11 is 0. The minimum atomic E-state index is -2.90. The molecule has 0 radical (unpaired) electrons.